The number of rotatable bonds is 6. The summed E-state index contributed by atoms with van der Waals surface area (Å²) in [7, 11) is 0. The molecule has 3 rings (SSSR count). The van der Waals surface area contributed by atoms with E-state index in [0.29, 0.717) is 23.5 Å². The zero-order chi connectivity index (χ0) is 17.5. The van der Waals surface area contributed by atoms with Crippen LogP contribution in [0.25, 0.3) is 6.08 Å². The second-order valence-electron chi connectivity index (χ2n) is 5.20. The molecule has 0 radical (unpaired) electrons. The third-order valence-corrected chi connectivity index (χ3v) is 4.17. The zero-order valence-electron chi connectivity index (χ0n) is 13.3. The number of allylic oxidation sites excluding steroid dienone is 1. The molecular weight excluding hydrogens is 332 g/mol. The monoisotopic (exact) mass is 346 g/mol. The van der Waals surface area contributed by atoms with E-state index in [9.17, 15) is 10.1 Å². The van der Waals surface area contributed by atoms with Crippen molar-refractivity contribution in [2.24, 2.45) is 0 Å². The molecule has 0 spiro atoms. The van der Waals surface area contributed by atoms with Crippen molar-refractivity contribution in [1.82, 2.24) is 4.98 Å². The van der Waals surface area contributed by atoms with Crippen molar-refractivity contribution < 1.29 is 9.53 Å². The molecule has 4 nitrogen and oxygen atoms in total. The number of nitrogens with zero attached hydrogens (tertiary/aromatic N) is 2. The van der Waals surface area contributed by atoms with Crippen molar-refractivity contribution in [2.75, 3.05) is 0 Å². The highest BCUT2D eigenvalue weighted by molar-refractivity contribution is 7.08. The molecule has 0 atom stereocenters. The Morgan fingerprint density at radius 2 is 2.12 bits per heavy atom. The topological polar surface area (TPSA) is 63.0 Å². The third-order valence-electron chi connectivity index (χ3n) is 3.48. The Hall–Kier alpha value is -3.23. The van der Waals surface area contributed by atoms with Crippen LogP contribution in [0.15, 0.2) is 71.2 Å². The summed E-state index contributed by atoms with van der Waals surface area (Å²) in [6.07, 6.45) is 5.01. The first-order valence-corrected chi connectivity index (χ1v) is 8.51. The van der Waals surface area contributed by atoms with Gasteiger partial charge >= 0.3 is 0 Å². The average Bonchev–Trinajstić information content (AvgIpc) is 3.20. The second kappa shape index (κ2) is 8.04. The van der Waals surface area contributed by atoms with Gasteiger partial charge in [0.1, 0.15) is 24.0 Å². The van der Waals surface area contributed by atoms with Gasteiger partial charge in [0, 0.05) is 34.5 Å². The number of benzene rings is 1. The number of Topliss-reactive ketones (excluding diaryl/α,β-unsaturated/α-hetero) is 1. The zero-order valence-corrected chi connectivity index (χ0v) is 14.1. The fourth-order valence-electron chi connectivity index (χ4n) is 2.23. The van der Waals surface area contributed by atoms with Crippen molar-refractivity contribution >= 4 is 23.2 Å². The molecule has 2 heterocycles. The van der Waals surface area contributed by atoms with E-state index in [0.717, 1.165) is 5.56 Å². The molecule has 5 heteroatoms. The van der Waals surface area contributed by atoms with Gasteiger partial charge in [-0.3, -0.25) is 9.78 Å². The number of hydrogen-bond acceptors (Lipinski definition) is 5. The molecule has 0 aliphatic carbocycles. The molecule has 0 bridgehead atoms. The summed E-state index contributed by atoms with van der Waals surface area (Å²) >= 11 is 1.42. The highest BCUT2D eigenvalue weighted by Gasteiger charge is 2.13. The number of para-hydroxylation sites is 1. The summed E-state index contributed by atoms with van der Waals surface area (Å²) in [5.74, 6) is 0.322. The van der Waals surface area contributed by atoms with Gasteiger partial charge in [0.25, 0.3) is 0 Å². The number of nitriles is 1. The Labute approximate surface area is 149 Å². The molecule has 0 N–H and O–H groups in total. The number of ketones is 1. The van der Waals surface area contributed by atoms with Crippen molar-refractivity contribution in [1.29, 1.82) is 5.26 Å². The van der Waals surface area contributed by atoms with Crippen LogP contribution in [-0.4, -0.2) is 10.8 Å². The Morgan fingerprint density at radius 1 is 1.24 bits per heavy atom. The van der Waals surface area contributed by atoms with E-state index in [-0.39, 0.29) is 11.4 Å². The molecule has 2 aromatic heterocycles. The lowest BCUT2D eigenvalue weighted by molar-refractivity contribution is 0.104. The number of carbonyl (C=O) groups is 1. The van der Waals surface area contributed by atoms with Gasteiger partial charge < -0.3 is 4.74 Å². The standard InChI is InChI=1S/C20H14N2O2S/c21-11-18(20(23)17-7-9-25-14-17)10-16-5-1-2-6-19(16)24-13-15-4-3-8-22-12-15/h1-10,12,14H,13H2. The molecule has 0 aliphatic heterocycles. The quantitative estimate of drug-likeness (QED) is 0.374. The van der Waals surface area contributed by atoms with E-state index in [4.69, 9.17) is 4.74 Å². The van der Waals surface area contributed by atoms with Crippen molar-refractivity contribution in [3.05, 3.63) is 87.9 Å². The lowest BCUT2D eigenvalue weighted by atomic mass is 10.0. The summed E-state index contributed by atoms with van der Waals surface area (Å²) in [6, 6.07) is 14.8. The molecule has 0 aliphatic rings. The molecule has 25 heavy (non-hydrogen) atoms. The van der Waals surface area contributed by atoms with Crippen molar-refractivity contribution in [3.63, 3.8) is 0 Å². The Balaban J connectivity index is 1.84. The van der Waals surface area contributed by atoms with Crippen LogP contribution in [0, 0.1) is 11.3 Å². The minimum absolute atomic E-state index is 0.0795. The van der Waals surface area contributed by atoms with Gasteiger partial charge in [-0.05, 0) is 29.7 Å². The predicted octanol–water partition coefficient (Wildman–Crippen LogP) is 4.51. The number of carbonyl (C=O) groups excluding carboxylic acids is 1. The van der Waals surface area contributed by atoms with Crippen molar-refractivity contribution in [2.45, 2.75) is 6.61 Å². The largest absolute Gasteiger partial charge is 0.488 e. The number of ether oxygens (including phenoxy) is 1. The van der Waals surface area contributed by atoms with Crippen LogP contribution in [0.5, 0.6) is 5.75 Å². The summed E-state index contributed by atoms with van der Waals surface area (Å²) in [5, 5.41) is 12.9. The summed E-state index contributed by atoms with van der Waals surface area (Å²) in [4.78, 5) is 16.5. The van der Waals surface area contributed by atoms with E-state index < -0.39 is 0 Å². The van der Waals surface area contributed by atoms with Gasteiger partial charge in [-0.1, -0.05) is 24.3 Å². The van der Waals surface area contributed by atoms with Crippen LogP contribution < -0.4 is 4.74 Å². The third kappa shape index (κ3) is 4.19. The van der Waals surface area contributed by atoms with Crippen LogP contribution in [0.4, 0.5) is 0 Å². The minimum Gasteiger partial charge on any atom is -0.488 e. The van der Waals surface area contributed by atoms with Gasteiger partial charge in [-0.2, -0.15) is 16.6 Å². The number of hydrogen-bond donors (Lipinski definition) is 0. The highest BCUT2D eigenvalue weighted by atomic mass is 32.1. The van der Waals surface area contributed by atoms with E-state index in [2.05, 4.69) is 4.98 Å². The summed E-state index contributed by atoms with van der Waals surface area (Å²) in [6.45, 7) is 0.360. The first kappa shape index (κ1) is 16.6. The maximum Gasteiger partial charge on any atom is 0.204 e. The van der Waals surface area contributed by atoms with E-state index in [1.165, 1.54) is 11.3 Å². The van der Waals surface area contributed by atoms with Crippen molar-refractivity contribution in [3.8, 4) is 11.8 Å². The lowest BCUT2D eigenvalue weighted by Crippen LogP contribution is -2.01. The summed E-state index contributed by atoms with van der Waals surface area (Å²) in [5.41, 5.74) is 2.23. The molecule has 0 fully saturated rings. The maximum atomic E-state index is 12.4. The summed E-state index contributed by atoms with van der Waals surface area (Å²) < 4.78 is 5.84. The average molecular weight is 346 g/mol. The van der Waals surface area contributed by atoms with Crippen LogP contribution in [0.3, 0.4) is 0 Å². The highest BCUT2D eigenvalue weighted by Crippen LogP contribution is 2.23. The smallest absolute Gasteiger partial charge is 0.204 e. The number of aromatic nitrogens is 1. The van der Waals surface area contributed by atoms with Gasteiger partial charge in [0.05, 0.1) is 0 Å². The molecule has 3 aromatic rings. The number of pyridine rings is 1. The Morgan fingerprint density at radius 3 is 2.84 bits per heavy atom. The molecule has 0 saturated heterocycles. The van der Waals surface area contributed by atoms with Crippen LogP contribution >= 0.6 is 11.3 Å². The molecule has 1 aromatic carbocycles. The second-order valence-corrected chi connectivity index (χ2v) is 5.98. The lowest BCUT2D eigenvalue weighted by Gasteiger charge is -2.09. The van der Waals surface area contributed by atoms with Crippen LogP contribution in [0.2, 0.25) is 0 Å². The van der Waals surface area contributed by atoms with Crippen LogP contribution in [0.1, 0.15) is 21.5 Å². The van der Waals surface area contributed by atoms with E-state index >= 15 is 0 Å². The molecule has 122 valence electrons. The Kier molecular flexibility index (Phi) is 5.35. The van der Waals surface area contributed by atoms with Gasteiger partial charge in [-0.15, -0.1) is 0 Å². The fraction of sp³-hybridized carbons (Fsp3) is 0.0500. The first-order chi connectivity index (χ1) is 12.3. The van der Waals surface area contributed by atoms with Crippen LogP contribution in [-0.2, 0) is 6.61 Å². The first-order valence-electron chi connectivity index (χ1n) is 7.57. The Bertz CT molecular complexity index is 926. The fourth-order valence-corrected chi connectivity index (χ4v) is 2.87. The molecule has 0 saturated carbocycles. The minimum atomic E-state index is -0.286. The van der Waals surface area contributed by atoms with Gasteiger partial charge in [0.15, 0.2) is 0 Å². The molecule has 0 amide bonds. The maximum absolute atomic E-state index is 12.4. The molecular formula is C20H14N2O2S. The molecule has 0 unspecified atom stereocenters. The van der Waals surface area contributed by atoms with Gasteiger partial charge in [-0.25, -0.2) is 0 Å². The number of thiophene rings is 1. The van der Waals surface area contributed by atoms with E-state index in [1.807, 2.05) is 47.8 Å². The SMILES string of the molecule is N#CC(=Cc1ccccc1OCc1cccnc1)C(=O)c1ccsc1. The predicted molar refractivity (Wildman–Crippen MR) is 97.3 cm³/mol. The van der Waals surface area contributed by atoms with Gasteiger partial charge in [0.2, 0.25) is 5.78 Å². The normalized spacial score (nSPS) is 10.9. The van der Waals surface area contributed by atoms with E-state index in [1.54, 1.807) is 29.9 Å².